The molecular weight excluding hydrogens is 458 g/mol. The first kappa shape index (κ1) is 25.6. The molecule has 0 spiro atoms. The molecule has 0 fully saturated rings. The van der Waals surface area contributed by atoms with Crippen molar-refractivity contribution in [1.82, 2.24) is 5.32 Å². The maximum atomic E-state index is 13.8. The number of hydrogen-bond acceptors (Lipinski definition) is 7. The maximum absolute atomic E-state index is 13.8. The third-order valence-electron chi connectivity index (χ3n) is 6.67. The molecule has 1 aliphatic heterocycles. The fourth-order valence-electron chi connectivity index (χ4n) is 5.10. The quantitative estimate of drug-likeness (QED) is 0.536. The topological polar surface area (TPSA) is 89.1 Å². The zero-order valence-electron chi connectivity index (χ0n) is 21.6. The van der Waals surface area contributed by atoms with Crippen LogP contribution in [-0.2, 0) is 14.3 Å². The van der Waals surface area contributed by atoms with Crippen molar-refractivity contribution in [2.24, 2.45) is 5.41 Å². The molecule has 0 saturated heterocycles. The Balaban J connectivity index is 1.89. The molecule has 0 aromatic heterocycles. The van der Waals surface area contributed by atoms with Gasteiger partial charge in [-0.25, -0.2) is 0 Å². The van der Waals surface area contributed by atoms with E-state index in [4.69, 9.17) is 14.2 Å². The lowest BCUT2D eigenvalue weighted by molar-refractivity contribution is -0.121. The molecule has 1 unspecified atom stereocenters. The standard InChI is InChI=1S/C28H35N3O5/c1-28(2)15-20-26(22(32)16-28)27(18-10-11-23(35-4)24(14-18)36-5)31(17-25(33)29-12-13-34-3)21-9-7-6-8-19(21)30-20/h6-11,14,27,30H,12-13,15-17H2,1-5H3,(H,29,33). The molecule has 0 bridgehead atoms. The average molecular weight is 494 g/mol. The molecule has 1 aliphatic carbocycles. The van der Waals surface area contributed by atoms with Crippen LogP contribution in [0.2, 0.25) is 0 Å². The highest BCUT2D eigenvalue weighted by atomic mass is 16.5. The highest BCUT2D eigenvalue weighted by molar-refractivity contribution is 6.02. The van der Waals surface area contributed by atoms with Crippen LogP contribution in [-0.4, -0.2) is 52.7 Å². The lowest BCUT2D eigenvalue weighted by Gasteiger charge is -2.38. The first-order valence-corrected chi connectivity index (χ1v) is 12.1. The van der Waals surface area contributed by atoms with Crippen LogP contribution in [0, 0.1) is 5.41 Å². The van der Waals surface area contributed by atoms with E-state index in [0.29, 0.717) is 36.6 Å². The predicted octanol–water partition coefficient (Wildman–Crippen LogP) is 4.08. The number of rotatable bonds is 8. The van der Waals surface area contributed by atoms with Crippen molar-refractivity contribution < 1.29 is 23.8 Å². The minimum absolute atomic E-state index is 0.0644. The minimum Gasteiger partial charge on any atom is -0.493 e. The van der Waals surface area contributed by atoms with E-state index < -0.39 is 6.04 Å². The summed E-state index contributed by atoms with van der Waals surface area (Å²) in [6.07, 6.45) is 1.15. The third kappa shape index (κ3) is 5.18. The van der Waals surface area contributed by atoms with E-state index in [1.54, 1.807) is 21.3 Å². The molecule has 8 heteroatoms. The third-order valence-corrected chi connectivity index (χ3v) is 6.67. The smallest absolute Gasteiger partial charge is 0.239 e. The number of allylic oxidation sites excluding steroid dienone is 1. The summed E-state index contributed by atoms with van der Waals surface area (Å²) in [4.78, 5) is 28.8. The van der Waals surface area contributed by atoms with E-state index in [1.807, 2.05) is 47.4 Å². The van der Waals surface area contributed by atoms with Gasteiger partial charge >= 0.3 is 0 Å². The number of hydrogen-bond donors (Lipinski definition) is 2. The van der Waals surface area contributed by atoms with E-state index >= 15 is 0 Å². The number of amides is 1. The number of carbonyl (C=O) groups is 2. The summed E-state index contributed by atoms with van der Waals surface area (Å²) in [5, 5.41) is 6.48. The molecular formula is C28H35N3O5. The van der Waals surface area contributed by atoms with Crippen LogP contribution in [0.3, 0.4) is 0 Å². The van der Waals surface area contributed by atoms with Gasteiger partial charge in [-0.05, 0) is 41.7 Å². The Morgan fingerprint density at radius 3 is 2.56 bits per heavy atom. The van der Waals surface area contributed by atoms with E-state index in [1.165, 1.54) is 0 Å². The number of Topliss-reactive ketones (excluding diaryl/α,β-unsaturated/α-hetero) is 1. The van der Waals surface area contributed by atoms with Gasteiger partial charge in [0.25, 0.3) is 0 Å². The summed E-state index contributed by atoms with van der Waals surface area (Å²) in [7, 11) is 4.78. The van der Waals surface area contributed by atoms with Gasteiger partial charge in [0.1, 0.15) is 0 Å². The van der Waals surface area contributed by atoms with Gasteiger partial charge in [-0.1, -0.05) is 32.0 Å². The van der Waals surface area contributed by atoms with Gasteiger partial charge in [-0.15, -0.1) is 0 Å². The number of carbonyl (C=O) groups excluding carboxylic acids is 2. The lowest BCUT2D eigenvalue weighted by Crippen LogP contribution is -2.42. The van der Waals surface area contributed by atoms with Gasteiger partial charge in [-0.2, -0.15) is 0 Å². The van der Waals surface area contributed by atoms with Gasteiger partial charge < -0.3 is 29.7 Å². The molecule has 0 radical (unpaired) electrons. The Hall–Kier alpha value is -3.52. The van der Waals surface area contributed by atoms with Gasteiger partial charge in [-0.3, -0.25) is 9.59 Å². The van der Waals surface area contributed by atoms with Crippen LogP contribution < -0.4 is 25.0 Å². The normalized spacial score (nSPS) is 18.5. The Morgan fingerprint density at radius 1 is 1.08 bits per heavy atom. The van der Waals surface area contributed by atoms with Crippen molar-refractivity contribution in [2.45, 2.75) is 32.7 Å². The molecule has 36 heavy (non-hydrogen) atoms. The maximum Gasteiger partial charge on any atom is 0.239 e. The van der Waals surface area contributed by atoms with Crippen LogP contribution in [0.4, 0.5) is 11.4 Å². The summed E-state index contributed by atoms with van der Waals surface area (Å²) in [5.41, 5.74) is 3.96. The molecule has 192 valence electrons. The molecule has 0 saturated carbocycles. The molecule has 1 atom stereocenters. The van der Waals surface area contributed by atoms with E-state index in [9.17, 15) is 9.59 Å². The number of fused-ring (bicyclic) bond motifs is 1. The molecule has 8 nitrogen and oxygen atoms in total. The Labute approximate surface area is 212 Å². The molecule has 1 heterocycles. The van der Waals surface area contributed by atoms with Gasteiger partial charge in [0.05, 0.1) is 44.8 Å². The van der Waals surface area contributed by atoms with E-state index in [0.717, 1.165) is 29.1 Å². The second-order valence-electron chi connectivity index (χ2n) is 9.96. The minimum atomic E-state index is -0.493. The first-order valence-electron chi connectivity index (χ1n) is 12.1. The number of para-hydroxylation sites is 2. The van der Waals surface area contributed by atoms with Crippen molar-refractivity contribution in [2.75, 3.05) is 51.2 Å². The Kier molecular flexibility index (Phi) is 7.54. The van der Waals surface area contributed by atoms with Gasteiger partial charge in [0, 0.05) is 31.3 Å². The van der Waals surface area contributed by atoms with Crippen molar-refractivity contribution in [1.29, 1.82) is 0 Å². The van der Waals surface area contributed by atoms with Crippen LogP contribution in [0.1, 0.15) is 38.3 Å². The van der Waals surface area contributed by atoms with E-state index in [2.05, 4.69) is 24.5 Å². The highest BCUT2D eigenvalue weighted by Gasteiger charge is 2.42. The summed E-state index contributed by atoms with van der Waals surface area (Å²) < 4.78 is 16.1. The number of anilines is 2. The van der Waals surface area contributed by atoms with Crippen LogP contribution >= 0.6 is 0 Å². The van der Waals surface area contributed by atoms with Crippen LogP contribution in [0.15, 0.2) is 53.7 Å². The Bertz CT molecular complexity index is 1170. The van der Waals surface area contributed by atoms with Gasteiger partial charge in [0.15, 0.2) is 17.3 Å². The fourth-order valence-corrected chi connectivity index (χ4v) is 5.10. The highest BCUT2D eigenvalue weighted by Crippen LogP contribution is 2.48. The van der Waals surface area contributed by atoms with Crippen molar-refractivity contribution in [3.63, 3.8) is 0 Å². The second-order valence-corrected chi connectivity index (χ2v) is 9.96. The summed E-state index contributed by atoms with van der Waals surface area (Å²) in [6.45, 7) is 5.12. The molecule has 1 amide bonds. The average Bonchev–Trinajstić information content (AvgIpc) is 2.97. The number of nitrogens with one attached hydrogen (secondary N) is 2. The molecule has 2 aromatic carbocycles. The van der Waals surface area contributed by atoms with Crippen LogP contribution in [0.5, 0.6) is 11.5 Å². The molecule has 2 N–H and O–H groups in total. The van der Waals surface area contributed by atoms with Crippen LogP contribution in [0.25, 0.3) is 0 Å². The molecule has 4 rings (SSSR count). The number of methoxy groups -OCH3 is 3. The first-order chi connectivity index (χ1) is 17.3. The lowest BCUT2D eigenvalue weighted by atomic mass is 9.73. The predicted molar refractivity (Wildman–Crippen MR) is 140 cm³/mol. The Morgan fingerprint density at radius 2 is 1.83 bits per heavy atom. The SMILES string of the molecule is COCCNC(=O)CN1c2ccccc2NC2=C(C(=O)CC(C)(C)C2)C1c1ccc(OC)c(OC)c1. The van der Waals surface area contributed by atoms with Gasteiger partial charge in [0.2, 0.25) is 5.91 Å². The van der Waals surface area contributed by atoms with Crippen molar-refractivity contribution >= 4 is 23.1 Å². The number of ether oxygens (including phenoxy) is 3. The van der Waals surface area contributed by atoms with E-state index in [-0.39, 0.29) is 23.7 Å². The summed E-state index contributed by atoms with van der Waals surface area (Å²) in [6, 6.07) is 13.0. The monoisotopic (exact) mass is 493 g/mol. The molecule has 2 aliphatic rings. The number of benzene rings is 2. The fraction of sp³-hybridized carbons (Fsp3) is 0.429. The van der Waals surface area contributed by atoms with Crippen molar-refractivity contribution in [3.8, 4) is 11.5 Å². The zero-order chi connectivity index (χ0) is 25.9. The zero-order valence-corrected chi connectivity index (χ0v) is 21.6. The summed E-state index contributed by atoms with van der Waals surface area (Å²) in [5.74, 6) is 1.09. The summed E-state index contributed by atoms with van der Waals surface area (Å²) >= 11 is 0. The number of nitrogens with zero attached hydrogens (tertiary/aromatic N) is 1. The molecule has 2 aromatic rings. The number of ketones is 1. The largest absolute Gasteiger partial charge is 0.493 e. The second kappa shape index (κ2) is 10.6. The van der Waals surface area contributed by atoms with Crippen molar-refractivity contribution in [3.05, 3.63) is 59.3 Å².